The largest absolute Gasteiger partial charge is 0.544 e. The molecule has 2 atom stereocenters. The maximum atomic E-state index is 12.5. The van der Waals surface area contributed by atoms with Gasteiger partial charge in [0.1, 0.15) is 12.6 Å². The first kappa shape index (κ1) is 42.8. The highest BCUT2D eigenvalue weighted by molar-refractivity contribution is 5.70. The van der Waals surface area contributed by atoms with Gasteiger partial charge < -0.3 is 28.6 Å². The van der Waals surface area contributed by atoms with E-state index in [0.717, 1.165) is 44.9 Å². The van der Waals surface area contributed by atoms with E-state index in [1.165, 1.54) is 57.8 Å². The van der Waals surface area contributed by atoms with Crippen LogP contribution in [0, 0.1) is 0 Å². The molecule has 45 heavy (non-hydrogen) atoms. The Morgan fingerprint density at radius 1 is 0.644 bits per heavy atom. The number of esters is 2. The molecule has 0 spiro atoms. The molecule has 0 aliphatic heterocycles. The Kier molecular flexibility index (Phi) is 27.8. The van der Waals surface area contributed by atoms with Crippen molar-refractivity contribution in [2.24, 2.45) is 0 Å². The SMILES string of the molecule is CCCCC/C=C/CCCCCCCC(=O)OCC(COCCC(C(=O)[O-])[N+](C)(C)C)OC(=O)CCC/C=C/CCCCCC. The number of hydrogen-bond donors (Lipinski definition) is 0. The first-order valence-electron chi connectivity index (χ1n) is 17.9. The maximum Gasteiger partial charge on any atom is 0.306 e. The van der Waals surface area contributed by atoms with Gasteiger partial charge in [-0.1, -0.05) is 89.5 Å². The van der Waals surface area contributed by atoms with Crippen LogP contribution in [0.5, 0.6) is 0 Å². The lowest BCUT2D eigenvalue weighted by atomic mass is 10.1. The first-order valence-corrected chi connectivity index (χ1v) is 17.9. The van der Waals surface area contributed by atoms with Crippen molar-refractivity contribution in [2.45, 2.75) is 154 Å². The Hall–Kier alpha value is -2.19. The zero-order valence-electron chi connectivity index (χ0n) is 29.5. The normalized spacial score (nSPS) is 13.4. The summed E-state index contributed by atoms with van der Waals surface area (Å²) in [6.45, 7) is 4.54. The number of rotatable bonds is 31. The van der Waals surface area contributed by atoms with Gasteiger partial charge in [0.2, 0.25) is 0 Å². The number of quaternary nitrogens is 1. The summed E-state index contributed by atoms with van der Waals surface area (Å²) in [5.74, 6) is -1.80. The summed E-state index contributed by atoms with van der Waals surface area (Å²) >= 11 is 0. The zero-order chi connectivity index (χ0) is 33.6. The van der Waals surface area contributed by atoms with Crippen LogP contribution in [0.1, 0.15) is 142 Å². The van der Waals surface area contributed by atoms with Crippen LogP contribution in [0.4, 0.5) is 0 Å². The third kappa shape index (κ3) is 27.8. The number of carbonyl (C=O) groups excluding carboxylic acids is 3. The van der Waals surface area contributed by atoms with Crippen LogP contribution in [0.2, 0.25) is 0 Å². The van der Waals surface area contributed by atoms with E-state index in [1.807, 2.05) is 0 Å². The Labute approximate surface area is 275 Å². The second kappa shape index (κ2) is 29.2. The number of aliphatic carboxylic acids is 1. The molecule has 0 amide bonds. The molecule has 0 aromatic rings. The lowest BCUT2D eigenvalue weighted by molar-refractivity contribution is -0.889. The van der Waals surface area contributed by atoms with Gasteiger partial charge in [0.25, 0.3) is 0 Å². The number of unbranched alkanes of at least 4 members (excludes halogenated alkanes) is 13. The van der Waals surface area contributed by atoms with Crippen LogP contribution in [0.25, 0.3) is 0 Å². The summed E-state index contributed by atoms with van der Waals surface area (Å²) in [6, 6.07) is -0.726. The van der Waals surface area contributed by atoms with Gasteiger partial charge in [0.05, 0.1) is 40.3 Å². The minimum absolute atomic E-state index is 0.0284. The van der Waals surface area contributed by atoms with E-state index in [4.69, 9.17) is 14.2 Å². The molecule has 0 rings (SSSR count). The van der Waals surface area contributed by atoms with Crippen molar-refractivity contribution in [3.8, 4) is 0 Å². The third-order valence-corrected chi connectivity index (χ3v) is 7.81. The molecular formula is C37H67NO7. The van der Waals surface area contributed by atoms with E-state index in [0.29, 0.717) is 12.8 Å². The predicted octanol–water partition coefficient (Wildman–Crippen LogP) is 7.24. The molecular weight excluding hydrogens is 570 g/mol. The van der Waals surface area contributed by atoms with Crippen molar-refractivity contribution in [2.75, 3.05) is 41.0 Å². The molecule has 0 radical (unpaired) electrons. The van der Waals surface area contributed by atoms with Crippen LogP contribution in [0.3, 0.4) is 0 Å². The number of carboxylic acids is 1. The summed E-state index contributed by atoms with van der Waals surface area (Å²) in [5.41, 5.74) is 0. The fraction of sp³-hybridized carbons (Fsp3) is 0.811. The minimum Gasteiger partial charge on any atom is -0.544 e. The van der Waals surface area contributed by atoms with Crippen molar-refractivity contribution in [3.05, 3.63) is 24.3 Å². The molecule has 0 N–H and O–H groups in total. The van der Waals surface area contributed by atoms with Crippen molar-refractivity contribution < 1.29 is 38.2 Å². The predicted molar refractivity (Wildman–Crippen MR) is 180 cm³/mol. The fourth-order valence-corrected chi connectivity index (χ4v) is 4.95. The van der Waals surface area contributed by atoms with E-state index in [1.54, 1.807) is 21.1 Å². The second-order valence-electron chi connectivity index (χ2n) is 13.1. The van der Waals surface area contributed by atoms with E-state index in [2.05, 4.69) is 38.2 Å². The number of carbonyl (C=O) groups is 3. The van der Waals surface area contributed by atoms with Gasteiger partial charge in [-0.3, -0.25) is 9.59 Å². The van der Waals surface area contributed by atoms with Gasteiger partial charge in [-0.2, -0.15) is 0 Å². The van der Waals surface area contributed by atoms with E-state index < -0.39 is 18.1 Å². The molecule has 0 saturated heterocycles. The van der Waals surface area contributed by atoms with Crippen LogP contribution in [-0.2, 0) is 28.6 Å². The monoisotopic (exact) mass is 637 g/mol. The third-order valence-electron chi connectivity index (χ3n) is 7.81. The van der Waals surface area contributed by atoms with Crippen LogP contribution < -0.4 is 5.11 Å². The Morgan fingerprint density at radius 3 is 1.71 bits per heavy atom. The van der Waals surface area contributed by atoms with Gasteiger partial charge in [0.15, 0.2) is 6.10 Å². The molecule has 0 saturated carbocycles. The highest BCUT2D eigenvalue weighted by Gasteiger charge is 2.25. The van der Waals surface area contributed by atoms with E-state index in [-0.39, 0.29) is 49.1 Å². The zero-order valence-corrected chi connectivity index (χ0v) is 29.5. The second-order valence-corrected chi connectivity index (χ2v) is 13.1. The summed E-state index contributed by atoms with van der Waals surface area (Å²) in [7, 11) is 5.37. The molecule has 0 aliphatic carbocycles. The van der Waals surface area contributed by atoms with Gasteiger partial charge in [0, 0.05) is 19.3 Å². The van der Waals surface area contributed by atoms with Crippen LogP contribution >= 0.6 is 0 Å². The van der Waals surface area contributed by atoms with E-state index in [9.17, 15) is 19.5 Å². The van der Waals surface area contributed by atoms with Crippen molar-refractivity contribution in [3.63, 3.8) is 0 Å². The lowest BCUT2D eigenvalue weighted by Crippen LogP contribution is -2.55. The molecule has 0 aromatic carbocycles. The maximum absolute atomic E-state index is 12.5. The van der Waals surface area contributed by atoms with Crippen molar-refractivity contribution in [1.29, 1.82) is 0 Å². The van der Waals surface area contributed by atoms with Crippen molar-refractivity contribution >= 4 is 17.9 Å². The van der Waals surface area contributed by atoms with Gasteiger partial charge in [-0.25, -0.2) is 0 Å². The number of allylic oxidation sites excluding steroid dienone is 4. The number of hydrogen-bond acceptors (Lipinski definition) is 7. The average molecular weight is 638 g/mol. The van der Waals surface area contributed by atoms with Gasteiger partial charge in [-0.15, -0.1) is 0 Å². The molecule has 262 valence electrons. The highest BCUT2D eigenvalue weighted by atomic mass is 16.6. The average Bonchev–Trinajstić information content (AvgIpc) is 2.98. The number of ether oxygens (including phenoxy) is 3. The number of likely N-dealkylation sites (N-methyl/N-ethyl adjacent to an activating group) is 1. The number of nitrogens with zero attached hydrogens (tertiary/aromatic N) is 1. The summed E-state index contributed by atoms with van der Waals surface area (Å²) in [4.78, 5) is 36.4. The Morgan fingerprint density at radius 2 is 1.13 bits per heavy atom. The molecule has 0 aromatic heterocycles. The summed E-state index contributed by atoms with van der Waals surface area (Å²) in [6.07, 6.45) is 27.8. The van der Waals surface area contributed by atoms with Gasteiger partial charge in [-0.05, 0) is 57.8 Å². The molecule has 0 fully saturated rings. The first-order chi connectivity index (χ1) is 21.6. The quantitative estimate of drug-likeness (QED) is 0.0342. The molecule has 0 aliphatic rings. The fourth-order valence-electron chi connectivity index (χ4n) is 4.95. The van der Waals surface area contributed by atoms with Crippen LogP contribution in [0.15, 0.2) is 24.3 Å². The molecule has 0 bridgehead atoms. The molecule has 0 heterocycles. The van der Waals surface area contributed by atoms with E-state index >= 15 is 0 Å². The summed E-state index contributed by atoms with van der Waals surface area (Å²) in [5, 5.41) is 11.5. The Bertz CT molecular complexity index is 803. The topological polar surface area (TPSA) is 102 Å². The lowest BCUT2D eigenvalue weighted by Gasteiger charge is -2.34. The minimum atomic E-state index is -1.13. The van der Waals surface area contributed by atoms with Gasteiger partial charge >= 0.3 is 11.9 Å². The standard InChI is InChI=1S/C37H67NO7/c1-6-8-10-12-14-16-17-18-20-21-23-25-27-35(39)44-32-33(31-43-30-29-34(37(41)42)38(3,4)5)45-36(40)28-26-24-22-19-15-13-11-9-7-2/h14,16,19,22,33-34H,6-13,15,17-18,20-21,23-32H2,1-5H3/b16-14+,22-19+. The highest BCUT2D eigenvalue weighted by Crippen LogP contribution is 2.11. The summed E-state index contributed by atoms with van der Waals surface area (Å²) < 4.78 is 17.0. The molecule has 8 heteroatoms. The van der Waals surface area contributed by atoms with Crippen LogP contribution in [-0.4, -0.2) is 75.5 Å². The Balaban J connectivity index is 4.49. The molecule has 2 unspecified atom stereocenters. The number of carboxylic acid groups (broad SMARTS) is 1. The molecule has 8 nitrogen and oxygen atoms in total. The smallest absolute Gasteiger partial charge is 0.306 e. The van der Waals surface area contributed by atoms with Crippen molar-refractivity contribution in [1.82, 2.24) is 0 Å².